The quantitative estimate of drug-likeness (QED) is 0.736. The van der Waals surface area contributed by atoms with Crippen molar-refractivity contribution >= 4 is 0 Å². The van der Waals surface area contributed by atoms with E-state index in [1.54, 1.807) is 6.92 Å². The van der Waals surface area contributed by atoms with E-state index in [2.05, 4.69) is 4.98 Å². The SMILES string of the molecule is [3H]C(OC)[C@H]1O[C@@H](n2cc(C)c(=O)[nH]c2=O)C[C@@H]1O. The highest BCUT2D eigenvalue weighted by atomic mass is 16.6. The van der Waals surface area contributed by atoms with Crippen molar-refractivity contribution in [2.45, 2.75) is 31.8 Å². The Morgan fingerprint density at radius 3 is 3.11 bits per heavy atom. The molecule has 4 atom stereocenters. The van der Waals surface area contributed by atoms with Crippen molar-refractivity contribution in [1.82, 2.24) is 9.55 Å². The van der Waals surface area contributed by atoms with Gasteiger partial charge >= 0.3 is 5.69 Å². The number of aliphatic hydroxyl groups is 1. The number of aliphatic hydroxyl groups excluding tert-OH is 1. The van der Waals surface area contributed by atoms with Gasteiger partial charge in [-0.3, -0.25) is 14.3 Å². The van der Waals surface area contributed by atoms with Gasteiger partial charge in [0.25, 0.3) is 5.56 Å². The van der Waals surface area contributed by atoms with Crippen molar-refractivity contribution < 1.29 is 16.0 Å². The first-order chi connectivity index (χ1) is 8.93. The highest BCUT2D eigenvalue weighted by Crippen LogP contribution is 2.27. The van der Waals surface area contributed by atoms with Crippen LogP contribution in [0.2, 0.25) is 0 Å². The van der Waals surface area contributed by atoms with E-state index < -0.39 is 36.3 Å². The van der Waals surface area contributed by atoms with E-state index in [9.17, 15) is 14.7 Å². The van der Waals surface area contributed by atoms with Crippen LogP contribution in [0.15, 0.2) is 15.8 Å². The van der Waals surface area contributed by atoms with Crippen LogP contribution in [0.25, 0.3) is 0 Å². The number of nitrogens with zero attached hydrogens (tertiary/aromatic N) is 1. The number of hydrogen-bond donors (Lipinski definition) is 2. The second-order valence-corrected chi connectivity index (χ2v) is 4.21. The van der Waals surface area contributed by atoms with Gasteiger partial charge < -0.3 is 14.6 Å². The third kappa shape index (κ3) is 2.38. The molecule has 0 bridgehead atoms. The molecule has 18 heavy (non-hydrogen) atoms. The summed E-state index contributed by atoms with van der Waals surface area (Å²) in [5.74, 6) is 0. The van der Waals surface area contributed by atoms with Crippen LogP contribution in [-0.2, 0) is 9.47 Å². The van der Waals surface area contributed by atoms with Crippen LogP contribution in [0.4, 0.5) is 0 Å². The first kappa shape index (κ1) is 11.6. The average molecular weight is 258 g/mol. The molecule has 7 nitrogen and oxygen atoms in total. The minimum atomic E-state index is -1.03. The van der Waals surface area contributed by atoms with E-state index in [1.165, 1.54) is 17.9 Å². The maximum absolute atomic E-state index is 11.7. The molecule has 0 aliphatic carbocycles. The van der Waals surface area contributed by atoms with Crippen molar-refractivity contribution in [2.75, 3.05) is 13.7 Å². The number of aromatic amines is 1. The Balaban J connectivity index is 2.28. The van der Waals surface area contributed by atoms with E-state index in [4.69, 9.17) is 10.8 Å². The zero-order valence-corrected chi connectivity index (χ0v) is 10.1. The molecule has 0 radical (unpaired) electrons. The Kier molecular flexibility index (Phi) is 3.26. The summed E-state index contributed by atoms with van der Waals surface area (Å²) in [4.78, 5) is 25.1. The molecule has 0 saturated carbocycles. The highest BCUT2D eigenvalue weighted by molar-refractivity contribution is 5.02. The van der Waals surface area contributed by atoms with Gasteiger partial charge in [-0.05, 0) is 6.92 Å². The molecule has 1 aromatic heterocycles. The van der Waals surface area contributed by atoms with Gasteiger partial charge in [0, 0.05) is 25.3 Å². The molecule has 1 aliphatic heterocycles. The Morgan fingerprint density at radius 2 is 2.44 bits per heavy atom. The monoisotopic (exact) mass is 258 g/mol. The fourth-order valence-electron chi connectivity index (χ4n) is 1.90. The standard InChI is InChI=1S/C11H16N2O5/c1-6-4-13(11(16)12-10(6)15)9-3-7(14)8(18-9)5-17-2/h4,7-9,14H,3,5H2,1-2H3,(H,12,15,16)/t7-,8+,9+/m0/s1/i5T/t5?,7-,8+,9+. The number of aryl methyl sites for hydroxylation is 1. The molecule has 1 unspecified atom stereocenters. The lowest BCUT2D eigenvalue weighted by Gasteiger charge is -2.15. The molecule has 100 valence electrons. The molecule has 2 N–H and O–H groups in total. The summed E-state index contributed by atoms with van der Waals surface area (Å²) in [5, 5.41) is 9.82. The number of hydrogen-bond acceptors (Lipinski definition) is 5. The topological polar surface area (TPSA) is 93.5 Å². The minimum Gasteiger partial charge on any atom is -0.390 e. The van der Waals surface area contributed by atoms with Crippen molar-refractivity contribution in [1.29, 1.82) is 0 Å². The summed E-state index contributed by atoms with van der Waals surface area (Å²) < 4.78 is 19.1. The predicted octanol–water partition coefficient (Wildman–Crippen LogP) is -0.860. The number of nitrogens with one attached hydrogen (secondary N) is 1. The first-order valence-electron chi connectivity index (χ1n) is 6.12. The van der Waals surface area contributed by atoms with Gasteiger partial charge in [-0.15, -0.1) is 0 Å². The van der Waals surface area contributed by atoms with Gasteiger partial charge in [0.15, 0.2) is 0 Å². The Morgan fingerprint density at radius 1 is 1.72 bits per heavy atom. The van der Waals surface area contributed by atoms with Crippen molar-refractivity contribution in [3.8, 4) is 0 Å². The van der Waals surface area contributed by atoms with E-state index in [0.29, 0.717) is 5.56 Å². The number of H-pyrrole nitrogens is 1. The van der Waals surface area contributed by atoms with Crippen LogP contribution >= 0.6 is 0 Å². The third-order valence-electron chi connectivity index (χ3n) is 2.86. The summed E-state index contributed by atoms with van der Waals surface area (Å²) in [6, 6.07) is 0. The van der Waals surface area contributed by atoms with Crippen molar-refractivity contribution in [2.24, 2.45) is 0 Å². The van der Waals surface area contributed by atoms with Crippen molar-refractivity contribution in [3.63, 3.8) is 0 Å². The normalized spacial score (nSPS) is 30.2. The molecule has 2 heterocycles. The molecule has 0 aromatic carbocycles. The molecular formula is C11H16N2O5. The molecule has 0 spiro atoms. The molecule has 2 rings (SSSR count). The minimum absolute atomic E-state index is 0.162. The highest BCUT2D eigenvalue weighted by Gasteiger charge is 2.35. The van der Waals surface area contributed by atoms with Gasteiger partial charge in [-0.2, -0.15) is 0 Å². The van der Waals surface area contributed by atoms with Gasteiger partial charge in [0.05, 0.1) is 14.1 Å². The lowest BCUT2D eigenvalue weighted by atomic mass is 10.2. The predicted molar refractivity (Wildman–Crippen MR) is 62.5 cm³/mol. The lowest BCUT2D eigenvalue weighted by molar-refractivity contribution is -0.0547. The number of aromatic nitrogens is 2. The summed E-state index contributed by atoms with van der Waals surface area (Å²) in [7, 11) is 1.34. The molecule has 0 amide bonds. The zero-order valence-electron chi connectivity index (χ0n) is 11.1. The van der Waals surface area contributed by atoms with Gasteiger partial charge in [0.2, 0.25) is 0 Å². The van der Waals surface area contributed by atoms with Crippen LogP contribution < -0.4 is 11.2 Å². The maximum atomic E-state index is 11.7. The third-order valence-corrected chi connectivity index (χ3v) is 2.86. The van der Waals surface area contributed by atoms with Crippen molar-refractivity contribution in [3.05, 3.63) is 32.6 Å². The number of methoxy groups -OCH3 is 1. The Hall–Kier alpha value is -1.44. The Labute approximate surface area is 104 Å². The summed E-state index contributed by atoms with van der Waals surface area (Å²) in [5.41, 5.74) is -0.686. The molecular weight excluding hydrogens is 240 g/mol. The van der Waals surface area contributed by atoms with E-state index >= 15 is 0 Å². The lowest BCUT2D eigenvalue weighted by Crippen LogP contribution is -2.33. The van der Waals surface area contributed by atoms with Crippen LogP contribution in [0.5, 0.6) is 0 Å². The van der Waals surface area contributed by atoms with Gasteiger partial charge in [-0.25, -0.2) is 4.79 Å². The molecule has 1 saturated heterocycles. The number of ether oxygens (including phenoxy) is 2. The van der Waals surface area contributed by atoms with Crippen LogP contribution in [0.1, 0.15) is 19.6 Å². The average Bonchev–Trinajstić information content (AvgIpc) is 2.75. The molecule has 7 heteroatoms. The second-order valence-electron chi connectivity index (χ2n) is 4.21. The zero-order chi connectivity index (χ0) is 14.2. The largest absolute Gasteiger partial charge is 0.390 e. The smallest absolute Gasteiger partial charge is 0.330 e. The number of rotatable bonds is 3. The first-order valence-corrected chi connectivity index (χ1v) is 5.54. The van der Waals surface area contributed by atoms with E-state index in [-0.39, 0.29) is 6.42 Å². The van der Waals surface area contributed by atoms with Crippen LogP contribution in [0, 0.1) is 6.92 Å². The van der Waals surface area contributed by atoms with E-state index in [0.717, 1.165) is 0 Å². The molecule has 1 aromatic rings. The molecule has 1 fully saturated rings. The summed E-state index contributed by atoms with van der Waals surface area (Å²) >= 11 is 0. The van der Waals surface area contributed by atoms with E-state index in [1.807, 2.05) is 0 Å². The fourth-order valence-corrected chi connectivity index (χ4v) is 1.90. The maximum Gasteiger partial charge on any atom is 0.330 e. The van der Waals surface area contributed by atoms with Gasteiger partial charge in [-0.1, -0.05) is 0 Å². The van der Waals surface area contributed by atoms with Crippen LogP contribution in [-0.4, -0.2) is 40.6 Å². The van der Waals surface area contributed by atoms with Crippen LogP contribution in [0.3, 0.4) is 0 Å². The second kappa shape index (κ2) is 5.05. The molecule has 1 aliphatic rings. The summed E-state index contributed by atoms with van der Waals surface area (Å²) in [6.45, 7) is 0.541. The van der Waals surface area contributed by atoms with Gasteiger partial charge in [0.1, 0.15) is 12.3 Å². The Bertz CT molecular complexity index is 569. The fraction of sp³-hybridized carbons (Fsp3) is 0.636. The summed E-state index contributed by atoms with van der Waals surface area (Å²) in [6.07, 6.45) is -0.895.